The van der Waals surface area contributed by atoms with Crippen LogP contribution in [0.1, 0.15) is 147 Å². The molecule has 386 valence electrons. The van der Waals surface area contributed by atoms with Gasteiger partial charge < -0.3 is 34.4 Å². The summed E-state index contributed by atoms with van der Waals surface area (Å²) in [7, 11) is 0. The minimum absolute atomic E-state index is 0.140. The number of hydrogen-bond acceptors (Lipinski definition) is 11. The normalized spacial score (nSPS) is 26.0. The molecule has 0 unspecified atom stereocenters. The van der Waals surface area contributed by atoms with Gasteiger partial charge >= 0.3 is 0 Å². The quantitative estimate of drug-likeness (QED) is 0.153. The molecule has 8 aliphatic rings. The third kappa shape index (κ3) is 8.56. The van der Waals surface area contributed by atoms with Crippen molar-refractivity contribution in [2.75, 3.05) is 67.5 Å². The highest BCUT2D eigenvalue weighted by atomic mass is 16.2. The lowest BCUT2D eigenvalue weighted by molar-refractivity contribution is -0.152. The topological polar surface area (TPSA) is 169 Å². The number of benzene rings is 1. The Morgan fingerprint density at radius 3 is 2.05 bits per heavy atom. The molecule has 0 radical (unpaired) electrons. The van der Waals surface area contributed by atoms with Crippen molar-refractivity contribution in [3.05, 3.63) is 60.0 Å². The van der Waals surface area contributed by atoms with Gasteiger partial charge in [-0.1, -0.05) is 38.5 Å². The van der Waals surface area contributed by atoms with Crippen molar-refractivity contribution in [1.29, 1.82) is 0 Å². The Morgan fingerprint density at radius 2 is 1.42 bits per heavy atom. The lowest BCUT2D eigenvalue weighted by atomic mass is 9.72. The molecule has 5 amide bonds. The highest BCUT2D eigenvalue weighted by Crippen LogP contribution is 2.53. The van der Waals surface area contributed by atoms with Gasteiger partial charge in [0.25, 0.3) is 0 Å². The number of carbonyl (C=O) groups is 5. The second-order valence-electron chi connectivity index (χ2n) is 23.9. The molecule has 16 heteroatoms. The van der Waals surface area contributed by atoms with E-state index in [-0.39, 0.29) is 47.5 Å². The van der Waals surface area contributed by atoms with Crippen molar-refractivity contribution in [3.63, 3.8) is 0 Å². The zero-order valence-corrected chi connectivity index (χ0v) is 43.3. The highest BCUT2D eigenvalue weighted by molar-refractivity contribution is 6.09. The van der Waals surface area contributed by atoms with Gasteiger partial charge in [-0.3, -0.25) is 29.3 Å². The molecule has 2 aliphatic carbocycles. The second-order valence-corrected chi connectivity index (χ2v) is 23.9. The number of hydrogen-bond donors (Lipinski definition) is 2. The summed E-state index contributed by atoms with van der Waals surface area (Å²) in [5.74, 6) is 1.32. The molecular weight excluding hydrogens is 919 g/mol. The molecular formula is C57H73N11O5. The SMILES string of the molecule is CC(C)n1cnc2cc(-c3ccc4c(c3)N(C3CC(N5CCCCC5)C3)C(=O)C43CCN(C(=O)C4(C)CCN(C(=O)C5(C)CCN(c6ccc([C@H]7CCC(=O)NC7=O)cn6)CC5)CC4)CC3)nc(NC3CC3)c21. The molecule has 0 bridgehead atoms. The van der Waals surface area contributed by atoms with Crippen LogP contribution in [-0.2, 0) is 29.4 Å². The lowest BCUT2D eigenvalue weighted by Crippen LogP contribution is -2.59. The number of aromatic nitrogens is 4. The summed E-state index contributed by atoms with van der Waals surface area (Å²) < 4.78 is 2.20. The van der Waals surface area contributed by atoms with E-state index in [0.717, 1.165) is 89.5 Å². The van der Waals surface area contributed by atoms with Crippen LogP contribution in [0.3, 0.4) is 0 Å². The molecule has 6 aliphatic heterocycles. The first kappa shape index (κ1) is 48.1. The molecule has 3 aromatic heterocycles. The Hall–Kier alpha value is -5.90. The van der Waals surface area contributed by atoms with Crippen LogP contribution in [0.15, 0.2) is 48.9 Å². The first-order valence-corrected chi connectivity index (χ1v) is 27.7. The maximum atomic E-state index is 15.3. The van der Waals surface area contributed by atoms with Gasteiger partial charge in [-0.15, -0.1) is 0 Å². The summed E-state index contributed by atoms with van der Waals surface area (Å²) >= 11 is 0. The molecule has 12 rings (SSSR count). The van der Waals surface area contributed by atoms with Gasteiger partial charge in [-0.2, -0.15) is 0 Å². The Morgan fingerprint density at radius 1 is 0.753 bits per heavy atom. The van der Waals surface area contributed by atoms with Gasteiger partial charge in [0, 0.05) is 98.1 Å². The molecule has 4 aromatic rings. The molecule has 2 N–H and O–H groups in total. The van der Waals surface area contributed by atoms with E-state index < -0.39 is 16.2 Å². The number of amides is 5. The van der Waals surface area contributed by atoms with Crippen LogP contribution in [0, 0.1) is 10.8 Å². The fourth-order valence-corrected chi connectivity index (χ4v) is 13.6. The summed E-state index contributed by atoms with van der Waals surface area (Å²) in [6.45, 7) is 14.3. The Labute approximate surface area is 429 Å². The van der Waals surface area contributed by atoms with Crippen LogP contribution in [0.4, 0.5) is 17.3 Å². The number of nitrogens with zero attached hydrogens (tertiary/aromatic N) is 9. The van der Waals surface area contributed by atoms with Crippen LogP contribution < -0.4 is 20.4 Å². The summed E-state index contributed by atoms with van der Waals surface area (Å²) in [5.41, 5.74) is 4.91. The number of fused-ring (bicyclic) bond motifs is 3. The van der Waals surface area contributed by atoms with E-state index in [1.165, 1.54) is 19.3 Å². The van der Waals surface area contributed by atoms with Crippen molar-refractivity contribution in [3.8, 4) is 11.3 Å². The number of imidazole rings is 1. The third-order valence-corrected chi connectivity index (χ3v) is 18.8. The molecule has 5 saturated heterocycles. The highest BCUT2D eigenvalue weighted by Gasteiger charge is 2.57. The first-order valence-electron chi connectivity index (χ1n) is 27.7. The van der Waals surface area contributed by atoms with E-state index in [9.17, 15) is 19.2 Å². The summed E-state index contributed by atoms with van der Waals surface area (Å²) in [6.07, 6.45) is 16.3. The fourth-order valence-electron chi connectivity index (χ4n) is 13.6. The zero-order chi connectivity index (χ0) is 50.4. The molecule has 1 spiro atoms. The Balaban J connectivity index is 0.712. The maximum absolute atomic E-state index is 15.3. The molecule has 1 aromatic carbocycles. The monoisotopic (exact) mass is 992 g/mol. The van der Waals surface area contributed by atoms with Crippen LogP contribution in [0.25, 0.3) is 22.3 Å². The fraction of sp³-hybridized carbons (Fsp3) is 0.614. The minimum atomic E-state index is -0.690. The summed E-state index contributed by atoms with van der Waals surface area (Å²) in [5, 5.41) is 6.14. The molecule has 16 nitrogen and oxygen atoms in total. The van der Waals surface area contributed by atoms with Gasteiger partial charge in [0.05, 0.1) is 28.9 Å². The van der Waals surface area contributed by atoms with Crippen molar-refractivity contribution in [2.24, 2.45) is 10.8 Å². The molecule has 73 heavy (non-hydrogen) atoms. The van der Waals surface area contributed by atoms with Gasteiger partial charge in [-0.05, 0) is 140 Å². The molecule has 7 fully saturated rings. The lowest BCUT2D eigenvalue weighted by Gasteiger charge is -2.48. The average molecular weight is 992 g/mol. The predicted molar refractivity (Wildman–Crippen MR) is 280 cm³/mol. The van der Waals surface area contributed by atoms with Crippen LogP contribution in [0.2, 0.25) is 0 Å². The third-order valence-electron chi connectivity index (χ3n) is 18.8. The second kappa shape index (κ2) is 18.5. The number of rotatable bonds is 10. The number of pyridine rings is 2. The smallest absolute Gasteiger partial charge is 0.238 e. The molecule has 2 saturated carbocycles. The van der Waals surface area contributed by atoms with E-state index in [1.807, 2.05) is 28.3 Å². The standard InChI is InChI=1S/C57H73N11O5/c1-36(2)67-35-59-45-33-44(61-50(49(45)67)60-39-10-11-39)37-8-13-43-46(30-37)68(41-31-40(32-41)63-22-6-5-7-23-63)54(73)57(43)20-28-66(29-21-57)53(72)56(4)18-26-65(27-19-56)52(71)55(3)16-24-64(25-17-55)47-14-9-38(34-58-47)42-12-15-48(69)62-51(42)70/h8-9,13-14,30,33-36,39-42H,5-7,10-12,15-29,31-32H2,1-4H3,(H,60,61)(H,62,69,70)/t40?,41?,42-/m1/s1. The predicted octanol–water partition coefficient (Wildman–Crippen LogP) is 7.33. The van der Waals surface area contributed by atoms with Crippen molar-refractivity contribution >= 4 is 57.9 Å². The Kier molecular flexibility index (Phi) is 12.2. The number of likely N-dealkylation sites (tertiary alicyclic amines) is 3. The minimum Gasteiger partial charge on any atom is -0.366 e. The van der Waals surface area contributed by atoms with Gasteiger partial charge in [0.2, 0.25) is 29.5 Å². The molecule has 9 heterocycles. The van der Waals surface area contributed by atoms with Crippen molar-refractivity contribution < 1.29 is 24.0 Å². The van der Waals surface area contributed by atoms with Crippen LogP contribution in [0.5, 0.6) is 0 Å². The maximum Gasteiger partial charge on any atom is 0.238 e. The first-order chi connectivity index (χ1) is 35.2. The van der Waals surface area contributed by atoms with Gasteiger partial charge in [-0.25, -0.2) is 15.0 Å². The van der Waals surface area contributed by atoms with Crippen LogP contribution in [-0.4, -0.2) is 134 Å². The van der Waals surface area contributed by atoms with Gasteiger partial charge in [0.15, 0.2) is 5.82 Å². The number of piperidine rings is 5. The number of nitrogens with one attached hydrogen (secondary N) is 2. The summed E-state index contributed by atoms with van der Waals surface area (Å²) in [6, 6.07) is 13.9. The zero-order valence-electron chi connectivity index (χ0n) is 43.3. The number of carbonyl (C=O) groups excluding carboxylic acids is 5. The van der Waals surface area contributed by atoms with Gasteiger partial charge in [0.1, 0.15) is 11.3 Å². The van der Waals surface area contributed by atoms with Crippen molar-refractivity contribution in [1.82, 2.24) is 39.5 Å². The Bertz CT molecular complexity index is 2820. The van der Waals surface area contributed by atoms with E-state index >= 15 is 4.79 Å². The molecule has 1 atom stereocenters. The number of imide groups is 1. The largest absolute Gasteiger partial charge is 0.366 e. The average Bonchev–Trinajstić information content (AvgIpc) is 4.06. The number of anilines is 3. The van der Waals surface area contributed by atoms with E-state index in [2.05, 4.69) is 81.9 Å². The summed E-state index contributed by atoms with van der Waals surface area (Å²) in [4.78, 5) is 94.2. The van der Waals surface area contributed by atoms with E-state index in [0.29, 0.717) is 103 Å². The van der Waals surface area contributed by atoms with E-state index in [4.69, 9.17) is 15.0 Å². The van der Waals surface area contributed by atoms with Crippen molar-refractivity contribution in [2.45, 2.75) is 160 Å². The van der Waals surface area contributed by atoms with Crippen LogP contribution >= 0.6 is 0 Å². The van der Waals surface area contributed by atoms with E-state index in [1.54, 1.807) is 6.20 Å².